The van der Waals surface area contributed by atoms with Crippen molar-refractivity contribution < 1.29 is 33.8 Å². The van der Waals surface area contributed by atoms with E-state index in [0.29, 0.717) is 22.5 Å². The molecule has 3 aromatic heterocycles. The quantitative estimate of drug-likeness (QED) is 0.414. The van der Waals surface area contributed by atoms with Gasteiger partial charge in [0.2, 0.25) is 0 Å². The molecule has 1 aliphatic heterocycles. The van der Waals surface area contributed by atoms with Crippen molar-refractivity contribution >= 4 is 24.6 Å². The SMILES string of the molecule is O=P(O)(O)OC[C@H]1O[C@@H](n2cnc3c2ncn2c(CO)cnc32)C[C@@H]1O. The van der Waals surface area contributed by atoms with Gasteiger partial charge in [-0.15, -0.1) is 0 Å². The summed E-state index contributed by atoms with van der Waals surface area (Å²) in [6.45, 7) is -0.624. The zero-order chi connectivity index (χ0) is 18.5. The third-order valence-electron chi connectivity index (χ3n) is 4.23. The second kappa shape index (κ2) is 6.35. The number of nitrogens with zero attached hydrogens (tertiary/aromatic N) is 5. The Morgan fingerprint density at radius 1 is 1.27 bits per heavy atom. The van der Waals surface area contributed by atoms with Crippen LogP contribution in [-0.2, 0) is 20.4 Å². The van der Waals surface area contributed by atoms with Gasteiger partial charge in [-0.25, -0.2) is 19.5 Å². The summed E-state index contributed by atoms with van der Waals surface area (Å²) in [5, 5.41) is 19.4. The molecular formula is C13H16N5O7P. The summed E-state index contributed by atoms with van der Waals surface area (Å²) >= 11 is 0. The van der Waals surface area contributed by atoms with Crippen LogP contribution in [0.15, 0.2) is 18.9 Å². The van der Waals surface area contributed by atoms with Crippen LogP contribution in [0.2, 0.25) is 0 Å². The van der Waals surface area contributed by atoms with Crippen molar-refractivity contribution in [3.63, 3.8) is 0 Å². The van der Waals surface area contributed by atoms with Crippen molar-refractivity contribution in [3.8, 4) is 0 Å². The average molecular weight is 385 g/mol. The molecule has 1 aliphatic rings. The third kappa shape index (κ3) is 3.01. The number of fused-ring (bicyclic) bond motifs is 3. The summed E-state index contributed by atoms with van der Waals surface area (Å²) in [4.78, 5) is 30.4. The first-order chi connectivity index (χ1) is 12.4. The first kappa shape index (κ1) is 17.5. The normalized spacial score (nSPS) is 24.1. The van der Waals surface area contributed by atoms with Gasteiger partial charge in [0.15, 0.2) is 16.8 Å². The minimum absolute atomic E-state index is 0.184. The van der Waals surface area contributed by atoms with Gasteiger partial charge in [0, 0.05) is 6.42 Å². The molecule has 0 unspecified atom stereocenters. The first-order valence-electron chi connectivity index (χ1n) is 7.69. The number of phosphoric ester groups is 1. The lowest BCUT2D eigenvalue weighted by molar-refractivity contribution is -0.0424. The van der Waals surface area contributed by atoms with E-state index in [0.717, 1.165) is 0 Å². The van der Waals surface area contributed by atoms with E-state index < -0.39 is 32.9 Å². The van der Waals surface area contributed by atoms with Gasteiger partial charge in [-0.1, -0.05) is 0 Å². The Hall–Kier alpha value is -1.92. The Morgan fingerprint density at radius 2 is 2.08 bits per heavy atom. The molecule has 0 aromatic carbocycles. The van der Waals surface area contributed by atoms with Crippen LogP contribution in [0.3, 0.4) is 0 Å². The van der Waals surface area contributed by atoms with Crippen LogP contribution < -0.4 is 0 Å². The van der Waals surface area contributed by atoms with E-state index in [2.05, 4.69) is 19.5 Å². The van der Waals surface area contributed by atoms with Gasteiger partial charge >= 0.3 is 7.82 Å². The zero-order valence-corrected chi connectivity index (χ0v) is 14.2. The number of phosphoric acid groups is 1. The molecule has 0 saturated carbocycles. The van der Waals surface area contributed by atoms with Crippen LogP contribution in [0.5, 0.6) is 0 Å². The highest BCUT2D eigenvalue weighted by Gasteiger charge is 2.37. The minimum Gasteiger partial charge on any atom is -0.390 e. The van der Waals surface area contributed by atoms with Crippen LogP contribution in [0.1, 0.15) is 18.3 Å². The molecule has 140 valence electrons. The molecule has 0 radical (unpaired) electrons. The predicted molar refractivity (Wildman–Crippen MR) is 84.7 cm³/mol. The average Bonchev–Trinajstić information content (AvgIpc) is 3.27. The number of rotatable bonds is 5. The highest BCUT2D eigenvalue weighted by molar-refractivity contribution is 7.46. The number of aromatic nitrogens is 5. The molecule has 1 fully saturated rings. The Morgan fingerprint density at radius 3 is 2.81 bits per heavy atom. The zero-order valence-electron chi connectivity index (χ0n) is 13.3. The van der Waals surface area contributed by atoms with Crippen molar-refractivity contribution in [2.45, 2.75) is 31.5 Å². The Labute approximate surface area is 145 Å². The Kier molecular flexibility index (Phi) is 4.28. The topological polar surface area (TPSA) is 164 Å². The van der Waals surface area contributed by atoms with E-state index in [1.807, 2.05) is 0 Å². The maximum Gasteiger partial charge on any atom is 0.469 e. The summed E-state index contributed by atoms with van der Waals surface area (Å²) in [5.41, 5.74) is 2.07. The van der Waals surface area contributed by atoms with Gasteiger partial charge in [0.05, 0.1) is 37.5 Å². The number of imidazole rings is 2. The van der Waals surface area contributed by atoms with Gasteiger partial charge in [-0.2, -0.15) is 0 Å². The summed E-state index contributed by atoms with van der Waals surface area (Å²) < 4.78 is 24.1. The van der Waals surface area contributed by atoms with Gasteiger partial charge in [0.1, 0.15) is 18.7 Å². The predicted octanol–water partition coefficient (Wildman–Crippen LogP) is -0.671. The van der Waals surface area contributed by atoms with E-state index in [9.17, 15) is 14.8 Å². The number of hydrogen-bond acceptors (Lipinski definition) is 8. The van der Waals surface area contributed by atoms with E-state index in [4.69, 9.17) is 14.5 Å². The minimum atomic E-state index is -4.65. The molecule has 3 aromatic rings. The van der Waals surface area contributed by atoms with Crippen LogP contribution in [0.4, 0.5) is 0 Å². The fraction of sp³-hybridized carbons (Fsp3) is 0.462. The highest BCUT2D eigenvalue weighted by atomic mass is 31.2. The lowest BCUT2D eigenvalue weighted by Gasteiger charge is -2.16. The lowest BCUT2D eigenvalue weighted by atomic mass is 10.2. The number of hydrogen-bond donors (Lipinski definition) is 4. The number of aliphatic hydroxyl groups excluding tert-OH is 2. The molecule has 26 heavy (non-hydrogen) atoms. The molecular weight excluding hydrogens is 369 g/mol. The molecule has 3 atom stereocenters. The first-order valence-corrected chi connectivity index (χ1v) is 9.22. The maximum absolute atomic E-state index is 10.8. The summed E-state index contributed by atoms with van der Waals surface area (Å²) in [7, 11) is -4.65. The second-order valence-corrected chi connectivity index (χ2v) is 7.13. The largest absolute Gasteiger partial charge is 0.469 e. The van der Waals surface area contributed by atoms with Crippen molar-refractivity contribution in [1.82, 2.24) is 23.9 Å². The van der Waals surface area contributed by atoms with Crippen molar-refractivity contribution in [1.29, 1.82) is 0 Å². The Bertz CT molecular complexity index is 998. The number of aliphatic hydroxyl groups is 2. The Balaban J connectivity index is 1.62. The van der Waals surface area contributed by atoms with Crippen LogP contribution >= 0.6 is 7.82 Å². The van der Waals surface area contributed by atoms with Crippen LogP contribution in [0.25, 0.3) is 16.8 Å². The van der Waals surface area contributed by atoms with E-state index in [1.165, 1.54) is 18.9 Å². The van der Waals surface area contributed by atoms with E-state index in [-0.39, 0.29) is 13.0 Å². The second-order valence-electron chi connectivity index (χ2n) is 5.89. The summed E-state index contributed by atoms with van der Waals surface area (Å²) in [6, 6.07) is 0. The van der Waals surface area contributed by atoms with Crippen LogP contribution in [-0.4, -0.2) is 62.7 Å². The maximum atomic E-state index is 10.8. The lowest BCUT2D eigenvalue weighted by Crippen LogP contribution is -2.25. The molecule has 12 nitrogen and oxygen atoms in total. The van der Waals surface area contributed by atoms with E-state index >= 15 is 0 Å². The standard InChI is InChI=1S/C13H16N5O7P/c19-3-7-2-14-12-11-13(16-6-17(7)12)18(5-15-11)10-1-8(20)9(25-10)4-24-26(21,22)23/h2,5-6,8-10,19-20H,1,3-4H2,(H2,21,22,23)/t8-,9+,10+/m0/s1. The van der Waals surface area contributed by atoms with Crippen molar-refractivity contribution in [2.24, 2.45) is 0 Å². The monoisotopic (exact) mass is 385 g/mol. The van der Waals surface area contributed by atoms with Crippen molar-refractivity contribution in [2.75, 3.05) is 6.61 Å². The molecule has 4 rings (SSSR count). The van der Waals surface area contributed by atoms with Gasteiger partial charge in [0.25, 0.3) is 0 Å². The highest BCUT2D eigenvalue weighted by Crippen LogP contribution is 2.38. The van der Waals surface area contributed by atoms with Gasteiger partial charge < -0.3 is 24.7 Å². The smallest absolute Gasteiger partial charge is 0.390 e. The molecule has 0 aliphatic carbocycles. The molecule has 13 heteroatoms. The molecule has 4 N–H and O–H groups in total. The summed E-state index contributed by atoms with van der Waals surface area (Å²) in [6.07, 6.45) is 2.25. The molecule has 0 bridgehead atoms. The molecule has 0 spiro atoms. The van der Waals surface area contributed by atoms with Crippen molar-refractivity contribution in [3.05, 3.63) is 24.5 Å². The fourth-order valence-electron chi connectivity index (χ4n) is 2.99. The van der Waals surface area contributed by atoms with E-state index in [1.54, 1.807) is 8.97 Å². The fourth-order valence-corrected chi connectivity index (χ4v) is 3.33. The molecule has 1 saturated heterocycles. The third-order valence-corrected chi connectivity index (χ3v) is 4.72. The van der Waals surface area contributed by atoms with Gasteiger partial charge in [-0.3, -0.25) is 13.5 Å². The van der Waals surface area contributed by atoms with Gasteiger partial charge in [-0.05, 0) is 0 Å². The summed E-state index contributed by atoms with van der Waals surface area (Å²) in [5.74, 6) is 0. The molecule has 0 amide bonds. The number of ether oxygens (including phenoxy) is 1. The molecule has 4 heterocycles. The van der Waals surface area contributed by atoms with Crippen LogP contribution in [0, 0.1) is 0 Å².